The Morgan fingerprint density at radius 3 is 2.50 bits per heavy atom. The first-order valence-corrected chi connectivity index (χ1v) is 3.86. The van der Waals surface area contributed by atoms with Crippen molar-refractivity contribution in [3.05, 3.63) is 0 Å². The lowest BCUT2D eigenvalue weighted by Gasteiger charge is -2.28. The summed E-state index contributed by atoms with van der Waals surface area (Å²) < 4.78 is 1.05. The van der Waals surface area contributed by atoms with E-state index >= 15 is 0 Å². The van der Waals surface area contributed by atoms with Crippen LogP contribution in [0.1, 0.15) is 19.3 Å². The summed E-state index contributed by atoms with van der Waals surface area (Å²) in [5.74, 6) is 0. The van der Waals surface area contributed by atoms with Crippen LogP contribution >= 0.6 is 0 Å². The summed E-state index contributed by atoms with van der Waals surface area (Å²) in [6.07, 6.45) is 3.42. The van der Waals surface area contributed by atoms with Crippen LogP contribution in [0.3, 0.4) is 0 Å². The average molecular weight is 139 g/mol. The molecule has 0 aromatic rings. The van der Waals surface area contributed by atoms with Crippen LogP contribution in [0.2, 0.25) is 0 Å². The lowest BCUT2D eigenvalue weighted by atomic mass is 10.3. The van der Waals surface area contributed by atoms with Crippen molar-refractivity contribution in [2.24, 2.45) is 0 Å². The number of quaternary nitrogens is 1. The van der Waals surface area contributed by atoms with E-state index in [0.29, 0.717) is 6.42 Å². The molecule has 0 aromatic heterocycles. The second-order valence-corrected chi connectivity index (χ2v) is 3.64. The van der Waals surface area contributed by atoms with Gasteiger partial charge >= 0.3 is 0 Å². The molecule has 0 N–H and O–H groups in total. The molecule has 0 unspecified atom stereocenters. The monoisotopic (exact) mass is 139 g/mol. The fourth-order valence-electron chi connectivity index (χ4n) is 1.29. The van der Waals surface area contributed by atoms with Crippen molar-refractivity contribution < 1.29 is 4.48 Å². The maximum atomic E-state index is 8.37. The number of nitrogens with zero attached hydrogens (tertiary/aromatic N) is 2. The summed E-state index contributed by atoms with van der Waals surface area (Å²) in [5, 5.41) is 8.37. The van der Waals surface area contributed by atoms with E-state index in [0.717, 1.165) is 17.1 Å². The molecule has 0 spiro atoms. The molecule has 0 aromatic carbocycles. The lowest BCUT2D eigenvalue weighted by Crippen LogP contribution is -2.42. The molecule has 1 aliphatic rings. The molecule has 0 amide bonds. The molecule has 2 nitrogen and oxygen atoms in total. The van der Waals surface area contributed by atoms with Crippen molar-refractivity contribution in [3.8, 4) is 6.07 Å². The zero-order valence-corrected chi connectivity index (χ0v) is 6.80. The van der Waals surface area contributed by atoms with Crippen LogP contribution in [0, 0.1) is 11.3 Å². The molecular formula is C8H15N2+. The number of hydrogen-bond acceptors (Lipinski definition) is 1. The molecule has 0 aliphatic heterocycles. The summed E-state index contributed by atoms with van der Waals surface area (Å²) in [6.45, 7) is 1.02. The first-order valence-electron chi connectivity index (χ1n) is 3.86. The van der Waals surface area contributed by atoms with Crippen LogP contribution in [0.25, 0.3) is 0 Å². The van der Waals surface area contributed by atoms with E-state index < -0.39 is 0 Å². The van der Waals surface area contributed by atoms with Crippen LogP contribution in [-0.2, 0) is 0 Å². The molecular weight excluding hydrogens is 124 g/mol. The number of rotatable bonds is 3. The smallest absolute Gasteiger partial charge is 0.0916 e. The Labute approximate surface area is 62.7 Å². The summed E-state index contributed by atoms with van der Waals surface area (Å²) in [4.78, 5) is 0. The third-order valence-electron chi connectivity index (χ3n) is 2.34. The standard InChI is InChI=1S/C8H15N2/c1-10(2,7-3-6-9)8-4-5-8/h8H,3-5,7H2,1-2H3/q+1. The second-order valence-electron chi connectivity index (χ2n) is 3.64. The molecule has 0 saturated heterocycles. The summed E-state index contributed by atoms with van der Waals surface area (Å²) in [5.41, 5.74) is 0. The first kappa shape index (κ1) is 7.56. The third kappa shape index (κ3) is 1.71. The van der Waals surface area contributed by atoms with Crippen LogP contribution in [0.4, 0.5) is 0 Å². The second kappa shape index (κ2) is 2.59. The van der Waals surface area contributed by atoms with Crippen molar-refractivity contribution in [2.75, 3.05) is 20.6 Å². The maximum absolute atomic E-state index is 8.37. The van der Waals surface area contributed by atoms with Gasteiger partial charge in [-0.1, -0.05) is 0 Å². The van der Waals surface area contributed by atoms with Gasteiger partial charge in [0.1, 0.15) is 0 Å². The fraction of sp³-hybridized carbons (Fsp3) is 0.875. The molecule has 1 fully saturated rings. The Morgan fingerprint density at radius 2 is 2.10 bits per heavy atom. The van der Waals surface area contributed by atoms with Gasteiger partial charge in [-0.2, -0.15) is 5.26 Å². The van der Waals surface area contributed by atoms with Gasteiger partial charge in [0.2, 0.25) is 0 Å². The molecule has 2 heteroatoms. The Balaban J connectivity index is 2.29. The van der Waals surface area contributed by atoms with Crippen molar-refractivity contribution in [3.63, 3.8) is 0 Å². The van der Waals surface area contributed by atoms with Gasteiger partial charge in [0.05, 0.1) is 39.2 Å². The molecule has 1 rings (SSSR count). The molecule has 0 atom stereocenters. The van der Waals surface area contributed by atoms with Gasteiger partial charge in [-0.25, -0.2) is 0 Å². The Morgan fingerprint density at radius 1 is 1.50 bits per heavy atom. The zero-order chi connectivity index (χ0) is 7.61. The Hall–Kier alpha value is -0.550. The Bertz CT molecular complexity index is 151. The van der Waals surface area contributed by atoms with Crippen molar-refractivity contribution in [2.45, 2.75) is 25.3 Å². The zero-order valence-electron chi connectivity index (χ0n) is 6.80. The topological polar surface area (TPSA) is 23.8 Å². The van der Waals surface area contributed by atoms with E-state index in [-0.39, 0.29) is 0 Å². The highest BCUT2D eigenvalue weighted by Gasteiger charge is 2.37. The predicted octanol–water partition coefficient (Wildman–Crippen LogP) is 1.14. The quantitative estimate of drug-likeness (QED) is 0.538. The summed E-state index contributed by atoms with van der Waals surface area (Å²) in [6, 6.07) is 3.05. The summed E-state index contributed by atoms with van der Waals surface area (Å²) in [7, 11) is 4.43. The lowest BCUT2D eigenvalue weighted by molar-refractivity contribution is -0.900. The number of hydrogen-bond donors (Lipinski definition) is 0. The molecule has 1 aliphatic carbocycles. The van der Waals surface area contributed by atoms with Gasteiger partial charge < -0.3 is 4.48 Å². The molecule has 0 heterocycles. The van der Waals surface area contributed by atoms with Crippen molar-refractivity contribution >= 4 is 0 Å². The highest BCUT2D eigenvalue weighted by molar-refractivity contribution is 4.76. The first-order chi connectivity index (χ1) is 4.67. The van der Waals surface area contributed by atoms with E-state index in [2.05, 4.69) is 20.2 Å². The van der Waals surface area contributed by atoms with Crippen LogP contribution in [0.5, 0.6) is 0 Å². The highest BCUT2D eigenvalue weighted by Crippen LogP contribution is 2.30. The van der Waals surface area contributed by atoms with E-state index in [1.165, 1.54) is 12.8 Å². The molecule has 10 heavy (non-hydrogen) atoms. The molecule has 0 bridgehead atoms. The minimum Gasteiger partial charge on any atom is -0.325 e. The summed E-state index contributed by atoms with van der Waals surface area (Å²) >= 11 is 0. The van der Waals surface area contributed by atoms with Gasteiger partial charge in [-0.15, -0.1) is 0 Å². The highest BCUT2D eigenvalue weighted by atomic mass is 15.3. The minimum absolute atomic E-state index is 0.698. The molecule has 0 radical (unpaired) electrons. The molecule has 56 valence electrons. The van der Waals surface area contributed by atoms with E-state index in [1.807, 2.05) is 0 Å². The van der Waals surface area contributed by atoms with E-state index in [4.69, 9.17) is 5.26 Å². The van der Waals surface area contributed by atoms with Gasteiger partial charge in [-0.05, 0) is 0 Å². The Kier molecular flexibility index (Phi) is 1.96. The van der Waals surface area contributed by atoms with E-state index in [1.54, 1.807) is 0 Å². The fourth-order valence-corrected chi connectivity index (χ4v) is 1.29. The van der Waals surface area contributed by atoms with Gasteiger partial charge in [0.15, 0.2) is 0 Å². The van der Waals surface area contributed by atoms with Gasteiger partial charge in [0, 0.05) is 12.8 Å². The van der Waals surface area contributed by atoms with Gasteiger partial charge in [0.25, 0.3) is 0 Å². The largest absolute Gasteiger partial charge is 0.325 e. The maximum Gasteiger partial charge on any atom is 0.0916 e. The van der Waals surface area contributed by atoms with Crippen molar-refractivity contribution in [1.29, 1.82) is 5.26 Å². The predicted molar refractivity (Wildman–Crippen MR) is 40.2 cm³/mol. The van der Waals surface area contributed by atoms with Crippen LogP contribution in [-0.4, -0.2) is 31.2 Å². The molecule has 1 saturated carbocycles. The SMILES string of the molecule is C[N+](C)(CCC#N)C1CC1. The van der Waals surface area contributed by atoms with Crippen LogP contribution < -0.4 is 0 Å². The number of nitriles is 1. The average Bonchev–Trinajstić information content (AvgIpc) is 2.64. The normalized spacial score (nSPS) is 18.5. The minimum atomic E-state index is 0.698. The third-order valence-corrected chi connectivity index (χ3v) is 2.34. The van der Waals surface area contributed by atoms with Crippen molar-refractivity contribution in [1.82, 2.24) is 0 Å². The van der Waals surface area contributed by atoms with E-state index in [9.17, 15) is 0 Å². The van der Waals surface area contributed by atoms with Crippen LogP contribution in [0.15, 0.2) is 0 Å². The van der Waals surface area contributed by atoms with Gasteiger partial charge in [-0.3, -0.25) is 0 Å².